The minimum absolute atomic E-state index is 0.262. The Balaban J connectivity index is 1.83. The lowest BCUT2D eigenvalue weighted by Gasteiger charge is -2.02. The van der Waals surface area contributed by atoms with Crippen molar-refractivity contribution in [1.82, 2.24) is 0 Å². The summed E-state index contributed by atoms with van der Waals surface area (Å²) in [6.45, 7) is 1.97. The first-order valence-electron chi connectivity index (χ1n) is 6.63. The second-order valence-corrected chi connectivity index (χ2v) is 5.55. The van der Waals surface area contributed by atoms with Crippen molar-refractivity contribution >= 4 is 33.9 Å². The van der Waals surface area contributed by atoms with Gasteiger partial charge in [-0.15, -0.1) is 0 Å². The predicted octanol–water partition coefficient (Wildman–Crippen LogP) is 4.25. The van der Waals surface area contributed by atoms with Crippen LogP contribution in [0, 0.1) is 6.92 Å². The normalized spacial score (nSPS) is 16.4. The number of esters is 1. The fourth-order valence-corrected chi connectivity index (χ4v) is 2.19. The van der Waals surface area contributed by atoms with Gasteiger partial charge in [-0.05, 0) is 55.0 Å². The molecule has 1 aliphatic heterocycles. The third-order valence-electron chi connectivity index (χ3n) is 3.08. The maximum absolute atomic E-state index is 11.8. The van der Waals surface area contributed by atoms with Crippen LogP contribution in [0.25, 0.3) is 6.08 Å². The number of hydrogen-bond donors (Lipinski definition) is 0. The van der Waals surface area contributed by atoms with Crippen molar-refractivity contribution in [3.8, 4) is 0 Å². The Morgan fingerprint density at radius 2 is 2.14 bits per heavy atom. The second kappa shape index (κ2) is 6.15. The van der Waals surface area contributed by atoms with E-state index in [1.165, 1.54) is 0 Å². The smallest absolute Gasteiger partial charge is 0.363 e. The topological polar surface area (TPSA) is 51.8 Å². The van der Waals surface area contributed by atoms with Crippen LogP contribution in [0.5, 0.6) is 0 Å². The zero-order valence-electron chi connectivity index (χ0n) is 11.7. The standard InChI is InChI=1S/C17H12BrNO3/c1-11-10-12(7-8-14(11)18)16-19-15(17(20)22-16)6-2-4-13-5-3-9-21-13/h2-10H,1H3. The number of nitrogens with zero attached hydrogens (tertiary/aromatic N) is 1. The second-order valence-electron chi connectivity index (χ2n) is 4.70. The molecule has 0 saturated carbocycles. The van der Waals surface area contributed by atoms with E-state index in [-0.39, 0.29) is 5.70 Å². The first-order chi connectivity index (χ1) is 10.6. The highest BCUT2D eigenvalue weighted by molar-refractivity contribution is 9.10. The van der Waals surface area contributed by atoms with Crippen LogP contribution in [0.1, 0.15) is 16.9 Å². The molecule has 1 aromatic heterocycles. The van der Waals surface area contributed by atoms with Crippen LogP contribution >= 0.6 is 15.9 Å². The van der Waals surface area contributed by atoms with Crippen molar-refractivity contribution in [2.45, 2.75) is 6.92 Å². The molecule has 0 spiro atoms. The van der Waals surface area contributed by atoms with Gasteiger partial charge in [0.2, 0.25) is 5.90 Å². The number of aliphatic imine (C=N–C) groups is 1. The molecule has 0 atom stereocenters. The van der Waals surface area contributed by atoms with Gasteiger partial charge in [-0.25, -0.2) is 9.79 Å². The van der Waals surface area contributed by atoms with Gasteiger partial charge in [0.25, 0.3) is 0 Å². The summed E-state index contributed by atoms with van der Waals surface area (Å²) in [5.74, 6) is 0.564. The Hall–Kier alpha value is -2.40. The summed E-state index contributed by atoms with van der Waals surface area (Å²) in [5, 5.41) is 0. The average Bonchev–Trinajstić information content (AvgIpc) is 3.13. The number of rotatable bonds is 3. The Morgan fingerprint density at radius 3 is 2.86 bits per heavy atom. The quantitative estimate of drug-likeness (QED) is 0.609. The molecule has 4 nitrogen and oxygen atoms in total. The molecule has 5 heteroatoms. The molecule has 3 rings (SSSR count). The molecule has 0 unspecified atom stereocenters. The van der Waals surface area contributed by atoms with E-state index < -0.39 is 5.97 Å². The summed E-state index contributed by atoms with van der Waals surface area (Å²) in [6, 6.07) is 9.28. The number of ether oxygens (including phenoxy) is 1. The highest BCUT2D eigenvalue weighted by Gasteiger charge is 2.23. The first kappa shape index (κ1) is 14.5. The number of cyclic esters (lactones) is 1. The summed E-state index contributed by atoms with van der Waals surface area (Å²) in [4.78, 5) is 16.1. The van der Waals surface area contributed by atoms with E-state index in [1.807, 2.05) is 31.2 Å². The molecule has 2 aromatic rings. The van der Waals surface area contributed by atoms with Crippen molar-refractivity contribution in [2.75, 3.05) is 0 Å². The van der Waals surface area contributed by atoms with Crippen LogP contribution < -0.4 is 0 Å². The van der Waals surface area contributed by atoms with Crippen molar-refractivity contribution in [1.29, 1.82) is 0 Å². The van der Waals surface area contributed by atoms with E-state index in [0.29, 0.717) is 11.7 Å². The Bertz CT molecular complexity index is 801. The molecule has 0 fully saturated rings. The largest absolute Gasteiger partial charge is 0.465 e. The molecule has 0 saturated heterocycles. The van der Waals surface area contributed by atoms with Gasteiger partial charge in [0.05, 0.1) is 6.26 Å². The van der Waals surface area contributed by atoms with Crippen LogP contribution in [0.15, 0.2) is 68.3 Å². The fraction of sp³-hybridized carbons (Fsp3) is 0.0588. The molecule has 110 valence electrons. The fourth-order valence-electron chi connectivity index (χ4n) is 1.94. The van der Waals surface area contributed by atoms with Gasteiger partial charge in [-0.1, -0.05) is 22.0 Å². The van der Waals surface area contributed by atoms with Crippen molar-refractivity contribution < 1.29 is 13.9 Å². The molecule has 0 aliphatic carbocycles. The SMILES string of the molecule is Cc1cc(C2=NC(=CC=Cc3ccco3)C(=O)O2)ccc1Br. The molecule has 0 radical (unpaired) electrons. The van der Waals surface area contributed by atoms with E-state index in [4.69, 9.17) is 9.15 Å². The third-order valence-corrected chi connectivity index (χ3v) is 3.97. The molecule has 0 bridgehead atoms. The maximum Gasteiger partial charge on any atom is 0.363 e. The van der Waals surface area contributed by atoms with Crippen molar-refractivity contribution in [2.24, 2.45) is 4.99 Å². The van der Waals surface area contributed by atoms with Crippen molar-refractivity contribution in [3.05, 3.63) is 75.8 Å². The van der Waals surface area contributed by atoms with Gasteiger partial charge in [0.15, 0.2) is 5.70 Å². The third kappa shape index (κ3) is 3.09. The molecular formula is C17H12BrNO3. The van der Waals surface area contributed by atoms with Gasteiger partial charge in [0, 0.05) is 10.0 Å². The minimum atomic E-state index is -0.459. The maximum atomic E-state index is 11.8. The number of aryl methyl sites for hydroxylation is 1. The van der Waals surface area contributed by atoms with Crippen LogP contribution in [0.2, 0.25) is 0 Å². The van der Waals surface area contributed by atoms with Crippen LogP contribution in [0.4, 0.5) is 0 Å². The number of halogens is 1. The monoisotopic (exact) mass is 357 g/mol. The van der Waals surface area contributed by atoms with Gasteiger partial charge >= 0.3 is 5.97 Å². The average molecular weight is 358 g/mol. The van der Waals surface area contributed by atoms with Crippen LogP contribution in [-0.2, 0) is 9.53 Å². The predicted molar refractivity (Wildman–Crippen MR) is 87.3 cm³/mol. The zero-order valence-corrected chi connectivity index (χ0v) is 13.3. The highest BCUT2D eigenvalue weighted by atomic mass is 79.9. The Labute approximate surface area is 135 Å². The van der Waals surface area contributed by atoms with Crippen LogP contribution in [-0.4, -0.2) is 11.9 Å². The van der Waals surface area contributed by atoms with Gasteiger partial charge in [0.1, 0.15) is 5.76 Å². The number of hydrogen-bond acceptors (Lipinski definition) is 4. The molecule has 1 aliphatic rings. The molecule has 0 amide bonds. The zero-order chi connectivity index (χ0) is 15.5. The lowest BCUT2D eigenvalue weighted by atomic mass is 10.1. The molecular weight excluding hydrogens is 346 g/mol. The Kier molecular flexibility index (Phi) is 4.06. The van der Waals surface area contributed by atoms with Crippen LogP contribution in [0.3, 0.4) is 0 Å². The molecule has 22 heavy (non-hydrogen) atoms. The van der Waals surface area contributed by atoms with E-state index in [1.54, 1.807) is 30.6 Å². The Morgan fingerprint density at radius 1 is 1.27 bits per heavy atom. The first-order valence-corrected chi connectivity index (χ1v) is 7.42. The molecule has 2 heterocycles. The van der Waals surface area contributed by atoms with Gasteiger partial charge in [-0.2, -0.15) is 0 Å². The number of furan rings is 1. The number of benzene rings is 1. The number of carbonyl (C=O) groups is 1. The molecule has 1 aromatic carbocycles. The van der Waals surface area contributed by atoms with Crippen molar-refractivity contribution in [3.63, 3.8) is 0 Å². The van der Waals surface area contributed by atoms with E-state index in [0.717, 1.165) is 15.6 Å². The van der Waals surface area contributed by atoms with E-state index in [9.17, 15) is 4.79 Å². The van der Waals surface area contributed by atoms with Gasteiger partial charge in [-0.3, -0.25) is 0 Å². The van der Waals surface area contributed by atoms with Gasteiger partial charge < -0.3 is 9.15 Å². The lowest BCUT2D eigenvalue weighted by Crippen LogP contribution is -2.05. The molecule has 0 N–H and O–H groups in total. The number of carbonyl (C=O) groups excluding carboxylic acids is 1. The summed E-state index contributed by atoms with van der Waals surface area (Å²) in [6.07, 6.45) is 6.64. The number of allylic oxidation sites excluding steroid dienone is 2. The summed E-state index contributed by atoms with van der Waals surface area (Å²) in [5.41, 5.74) is 2.08. The minimum Gasteiger partial charge on any atom is -0.465 e. The summed E-state index contributed by atoms with van der Waals surface area (Å²) in [7, 11) is 0. The van der Waals surface area contributed by atoms with E-state index in [2.05, 4.69) is 20.9 Å². The summed E-state index contributed by atoms with van der Waals surface area (Å²) < 4.78 is 11.4. The lowest BCUT2D eigenvalue weighted by molar-refractivity contribution is -0.130. The highest BCUT2D eigenvalue weighted by Crippen LogP contribution is 2.21. The summed E-state index contributed by atoms with van der Waals surface area (Å²) >= 11 is 3.44. The van der Waals surface area contributed by atoms with E-state index >= 15 is 0 Å².